The van der Waals surface area contributed by atoms with E-state index in [-0.39, 0.29) is 22.7 Å². The molecule has 6 nitrogen and oxygen atoms in total. The Hall–Kier alpha value is -2.99. The Morgan fingerprint density at radius 2 is 1.92 bits per heavy atom. The van der Waals surface area contributed by atoms with Crippen molar-refractivity contribution in [1.82, 2.24) is 4.98 Å². The monoisotopic (exact) mass is 336 g/mol. The molecule has 2 heterocycles. The maximum absolute atomic E-state index is 12.9. The van der Waals surface area contributed by atoms with E-state index in [4.69, 9.17) is 10.5 Å². The van der Waals surface area contributed by atoms with E-state index >= 15 is 0 Å². The number of nitrogens with one attached hydrogen (secondary N) is 1. The summed E-state index contributed by atoms with van der Waals surface area (Å²) in [5.74, 6) is -0.0396. The summed E-state index contributed by atoms with van der Waals surface area (Å²) in [5.41, 5.74) is 9.20. The third-order valence-electron chi connectivity index (χ3n) is 4.97. The molecular formula is C19H20N4O2. The summed E-state index contributed by atoms with van der Waals surface area (Å²) in [5, 5.41) is 18.9. The average Bonchev–Trinajstić information content (AvgIpc) is 2.78. The summed E-state index contributed by atoms with van der Waals surface area (Å²) in [6.45, 7) is 7.66. The number of Topliss-reactive ketones (excluding diaryl/α,β-unsaturated/α-hetero) is 1. The molecule has 0 bridgehead atoms. The minimum Gasteiger partial charge on any atom is -0.444 e. The molecule has 128 valence electrons. The van der Waals surface area contributed by atoms with Crippen molar-refractivity contribution in [2.75, 3.05) is 0 Å². The Bertz CT molecular complexity index is 932. The number of ether oxygens (including phenoxy) is 1. The second kappa shape index (κ2) is 5.53. The van der Waals surface area contributed by atoms with Crippen molar-refractivity contribution in [3.63, 3.8) is 0 Å². The number of hydrogen-bond donors (Lipinski definition) is 2. The first-order chi connectivity index (χ1) is 11.7. The summed E-state index contributed by atoms with van der Waals surface area (Å²) in [6.07, 6.45) is 0.968. The minimum atomic E-state index is -0.587. The second-order valence-electron chi connectivity index (χ2n) is 7.48. The number of nitriles is 2. The van der Waals surface area contributed by atoms with Crippen LogP contribution in [0.15, 0.2) is 22.8 Å². The topological polar surface area (TPSA) is 116 Å². The molecule has 2 aliphatic rings. The van der Waals surface area contributed by atoms with E-state index in [1.54, 1.807) is 0 Å². The number of carbonyl (C=O) groups is 1. The van der Waals surface area contributed by atoms with Gasteiger partial charge in [-0.25, -0.2) is 0 Å². The zero-order valence-corrected chi connectivity index (χ0v) is 14.8. The highest BCUT2D eigenvalue weighted by Crippen LogP contribution is 2.49. The van der Waals surface area contributed by atoms with Gasteiger partial charge in [-0.15, -0.1) is 0 Å². The lowest BCUT2D eigenvalue weighted by atomic mass is 9.70. The van der Waals surface area contributed by atoms with Gasteiger partial charge in [-0.1, -0.05) is 13.8 Å². The summed E-state index contributed by atoms with van der Waals surface area (Å²) in [7, 11) is 0. The van der Waals surface area contributed by atoms with Crippen molar-refractivity contribution in [2.24, 2.45) is 11.1 Å². The Morgan fingerprint density at radius 3 is 2.48 bits per heavy atom. The fraction of sp³-hybridized carbons (Fsp3) is 0.421. The molecule has 0 amide bonds. The molecule has 1 aromatic heterocycles. The van der Waals surface area contributed by atoms with Crippen LogP contribution >= 0.6 is 0 Å². The Kier molecular flexibility index (Phi) is 3.73. The van der Waals surface area contributed by atoms with E-state index in [0.29, 0.717) is 29.9 Å². The van der Waals surface area contributed by atoms with Gasteiger partial charge in [-0.3, -0.25) is 4.79 Å². The number of hydrogen-bond acceptors (Lipinski definition) is 5. The van der Waals surface area contributed by atoms with Crippen LogP contribution in [-0.2, 0) is 9.53 Å². The first-order valence-electron chi connectivity index (χ1n) is 8.13. The fourth-order valence-corrected chi connectivity index (χ4v) is 3.88. The van der Waals surface area contributed by atoms with Gasteiger partial charge in [-0.05, 0) is 30.4 Å². The third-order valence-corrected chi connectivity index (χ3v) is 4.97. The largest absolute Gasteiger partial charge is 0.444 e. The maximum atomic E-state index is 12.9. The number of aryl methyl sites for hydroxylation is 1. The third kappa shape index (κ3) is 2.51. The van der Waals surface area contributed by atoms with Crippen molar-refractivity contribution < 1.29 is 9.53 Å². The zero-order chi connectivity index (χ0) is 18.5. The number of carbonyl (C=O) groups excluding carboxylic acids is 1. The molecule has 1 aliphatic heterocycles. The molecule has 6 heteroatoms. The van der Waals surface area contributed by atoms with Crippen LogP contribution in [0.5, 0.6) is 0 Å². The zero-order valence-electron chi connectivity index (χ0n) is 14.8. The van der Waals surface area contributed by atoms with Crippen molar-refractivity contribution in [2.45, 2.75) is 46.5 Å². The van der Waals surface area contributed by atoms with E-state index in [9.17, 15) is 15.3 Å². The number of nitrogens with two attached hydrogens (primary N) is 1. The molecule has 25 heavy (non-hydrogen) atoms. The van der Waals surface area contributed by atoms with E-state index < -0.39 is 5.92 Å². The highest BCUT2D eigenvalue weighted by molar-refractivity contribution is 6.00. The summed E-state index contributed by atoms with van der Waals surface area (Å²) in [4.78, 5) is 15.9. The van der Waals surface area contributed by atoms with Crippen LogP contribution in [0.25, 0.3) is 0 Å². The molecule has 0 radical (unpaired) electrons. The average molecular weight is 336 g/mol. The second-order valence-corrected chi connectivity index (χ2v) is 7.48. The van der Waals surface area contributed by atoms with Gasteiger partial charge in [0.2, 0.25) is 5.88 Å². The molecule has 1 aliphatic carbocycles. The highest BCUT2D eigenvalue weighted by atomic mass is 16.5. The number of rotatable bonds is 1. The fourth-order valence-electron chi connectivity index (χ4n) is 3.88. The molecule has 1 atom stereocenters. The lowest BCUT2D eigenvalue weighted by Crippen LogP contribution is -2.33. The van der Waals surface area contributed by atoms with Crippen LogP contribution in [0.3, 0.4) is 0 Å². The quantitative estimate of drug-likeness (QED) is 0.818. The smallest absolute Gasteiger partial charge is 0.205 e. The maximum Gasteiger partial charge on any atom is 0.205 e. The molecule has 0 spiro atoms. The van der Waals surface area contributed by atoms with Gasteiger partial charge >= 0.3 is 0 Å². The molecule has 1 aromatic rings. The lowest BCUT2D eigenvalue weighted by Gasteiger charge is -2.37. The van der Waals surface area contributed by atoms with Crippen LogP contribution in [0.1, 0.15) is 55.1 Å². The van der Waals surface area contributed by atoms with E-state index in [1.807, 2.05) is 27.7 Å². The van der Waals surface area contributed by atoms with E-state index in [1.165, 1.54) is 0 Å². The van der Waals surface area contributed by atoms with Gasteiger partial charge in [-0.2, -0.15) is 10.5 Å². The van der Waals surface area contributed by atoms with Gasteiger partial charge in [0.25, 0.3) is 0 Å². The summed E-state index contributed by atoms with van der Waals surface area (Å²) < 4.78 is 5.68. The molecule has 0 saturated carbocycles. The van der Waals surface area contributed by atoms with Crippen molar-refractivity contribution in [3.8, 4) is 12.1 Å². The highest BCUT2D eigenvalue weighted by Gasteiger charge is 2.44. The number of nitrogens with zero attached hydrogens (tertiary/aromatic N) is 2. The number of allylic oxidation sites excluding steroid dienone is 3. The SMILES string of the molecule is Cc1[nH]c(C#N)c(C)c1C1C(C#N)=C(N)OC2=C1C(=O)CC(C)(C)C2. The predicted molar refractivity (Wildman–Crippen MR) is 90.7 cm³/mol. The number of aromatic nitrogens is 1. The molecule has 0 fully saturated rings. The van der Waals surface area contributed by atoms with Crippen LogP contribution in [0.2, 0.25) is 0 Å². The summed E-state index contributed by atoms with van der Waals surface area (Å²) >= 11 is 0. The van der Waals surface area contributed by atoms with Crippen LogP contribution in [-0.4, -0.2) is 10.8 Å². The molecule has 1 unspecified atom stereocenters. The Labute approximate surface area is 146 Å². The first kappa shape index (κ1) is 16.9. The Morgan fingerprint density at radius 1 is 1.24 bits per heavy atom. The molecular weight excluding hydrogens is 316 g/mol. The number of aromatic amines is 1. The van der Waals surface area contributed by atoms with Gasteiger partial charge in [0.05, 0.1) is 5.92 Å². The standard InChI is InChI=1S/C19H20N4O2/c1-9-12(8-21)23-10(2)15(9)16-11(7-20)18(22)25-14-6-19(3,4)5-13(24)17(14)16/h16,23H,5-6,22H2,1-4H3. The normalized spacial score (nSPS) is 22.2. The van der Waals surface area contributed by atoms with Gasteiger partial charge in [0, 0.05) is 24.1 Å². The van der Waals surface area contributed by atoms with Crippen LogP contribution < -0.4 is 5.73 Å². The molecule has 3 N–H and O–H groups in total. The van der Waals surface area contributed by atoms with Gasteiger partial charge in [0.1, 0.15) is 29.2 Å². The van der Waals surface area contributed by atoms with Crippen LogP contribution in [0, 0.1) is 41.9 Å². The Balaban J connectivity index is 2.28. The predicted octanol–water partition coefficient (Wildman–Crippen LogP) is 2.95. The van der Waals surface area contributed by atoms with E-state index in [0.717, 1.165) is 16.8 Å². The van der Waals surface area contributed by atoms with Crippen LogP contribution in [0.4, 0.5) is 0 Å². The summed E-state index contributed by atoms with van der Waals surface area (Å²) in [6, 6.07) is 4.22. The van der Waals surface area contributed by atoms with Crippen molar-refractivity contribution >= 4 is 5.78 Å². The molecule has 0 saturated heterocycles. The van der Waals surface area contributed by atoms with Gasteiger partial charge in [0.15, 0.2) is 5.78 Å². The number of H-pyrrole nitrogens is 1. The van der Waals surface area contributed by atoms with Gasteiger partial charge < -0.3 is 15.5 Å². The first-order valence-corrected chi connectivity index (χ1v) is 8.13. The minimum absolute atomic E-state index is 0.0324. The van der Waals surface area contributed by atoms with E-state index in [2.05, 4.69) is 17.1 Å². The van der Waals surface area contributed by atoms with Crippen molar-refractivity contribution in [1.29, 1.82) is 10.5 Å². The number of ketones is 1. The molecule has 0 aromatic carbocycles. The molecule has 3 rings (SSSR count). The lowest BCUT2D eigenvalue weighted by molar-refractivity contribution is -0.119. The van der Waals surface area contributed by atoms with Crippen molar-refractivity contribution in [3.05, 3.63) is 45.3 Å².